The van der Waals surface area contributed by atoms with Crippen LogP contribution in [0.4, 0.5) is 4.79 Å². The Morgan fingerprint density at radius 3 is 1.80 bits per heavy atom. The van der Waals surface area contributed by atoms with Crippen molar-refractivity contribution >= 4 is 6.16 Å². The van der Waals surface area contributed by atoms with E-state index >= 15 is 0 Å². The number of hydrogen-bond donors (Lipinski definition) is 3. The Morgan fingerprint density at radius 1 is 1.80 bits per heavy atom. The van der Waals surface area contributed by atoms with Crippen LogP contribution in [0.15, 0.2) is 12.7 Å². The highest BCUT2D eigenvalue weighted by Crippen LogP contribution is 1.42. The van der Waals surface area contributed by atoms with Gasteiger partial charge in [0.05, 0.1) is 0 Å². The Labute approximate surface area is 59.0 Å². The van der Waals surface area contributed by atoms with Crippen LogP contribution in [0, 0.1) is 11.5 Å². The lowest BCUT2D eigenvalue weighted by Crippen LogP contribution is -1.81. The van der Waals surface area contributed by atoms with E-state index < -0.39 is 6.16 Å². The van der Waals surface area contributed by atoms with Crippen LogP contribution < -0.4 is 5.73 Å². The molecule has 0 aromatic rings. The van der Waals surface area contributed by atoms with Gasteiger partial charge in [0.15, 0.2) is 6.19 Å². The Bertz CT molecular complexity index is 113. The van der Waals surface area contributed by atoms with Gasteiger partial charge in [0, 0.05) is 0 Å². The minimum atomic E-state index is -1.83. The lowest BCUT2D eigenvalue weighted by Gasteiger charge is -1.60. The number of nitrogens with two attached hydrogens (primary N) is 1. The summed E-state index contributed by atoms with van der Waals surface area (Å²) in [5.74, 6) is 0. The molecule has 0 unspecified atom stereocenters. The second-order valence-electron chi connectivity index (χ2n) is 0.820. The summed E-state index contributed by atoms with van der Waals surface area (Å²) in [4.78, 5) is 8.56. The molecule has 0 saturated carbocycles. The van der Waals surface area contributed by atoms with E-state index in [2.05, 4.69) is 12.3 Å². The van der Waals surface area contributed by atoms with E-state index in [1.165, 1.54) is 6.19 Å². The summed E-state index contributed by atoms with van der Waals surface area (Å²) in [5.41, 5.74) is 4.15. The predicted molar refractivity (Wildman–Crippen MR) is 36.3 cm³/mol. The molecule has 0 spiro atoms. The third kappa shape index (κ3) is 61.2. The zero-order chi connectivity index (χ0) is 8.99. The average Bonchev–Trinajstić information content (AvgIpc) is 1.65. The fraction of sp³-hybridized carbons (Fsp3) is 0.200. The van der Waals surface area contributed by atoms with Gasteiger partial charge < -0.3 is 15.9 Å². The molecule has 0 aromatic carbocycles. The van der Waals surface area contributed by atoms with Gasteiger partial charge in [-0.1, -0.05) is 6.08 Å². The number of hydrogen-bond acceptors (Lipinski definition) is 3. The minimum absolute atomic E-state index is 1.25. The summed E-state index contributed by atoms with van der Waals surface area (Å²) in [6.45, 7) is 5.25. The number of allylic oxidation sites excluding steroid dienone is 1. The van der Waals surface area contributed by atoms with Gasteiger partial charge >= 0.3 is 6.16 Å². The standard InChI is InChI=1S/C3H6.CH2N2.CH2O3/c1-3-2;2-1-3;2-1(3)4/h3H,1H2,2H3;2H2;(H2,2,3,4). The fourth-order valence-electron chi connectivity index (χ4n) is 0. The summed E-state index contributed by atoms with van der Waals surface area (Å²) in [6, 6.07) is 0. The van der Waals surface area contributed by atoms with Crippen LogP contribution in [0.3, 0.4) is 0 Å². The average molecular weight is 146 g/mol. The third-order valence-electron chi connectivity index (χ3n) is 0. The molecule has 0 saturated heterocycles. The van der Waals surface area contributed by atoms with Crippen molar-refractivity contribution in [1.29, 1.82) is 5.26 Å². The summed E-state index contributed by atoms with van der Waals surface area (Å²) < 4.78 is 0. The molecule has 10 heavy (non-hydrogen) atoms. The number of nitriles is 1. The minimum Gasteiger partial charge on any atom is -0.450 e. The number of nitrogens with zero attached hydrogens (tertiary/aromatic N) is 1. The van der Waals surface area contributed by atoms with Crippen LogP contribution in [-0.4, -0.2) is 16.4 Å². The van der Waals surface area contributed by atoms with E-state index in [4.69, 9.17) is 20.3 Å². The molecule has 0 radical (unpaired) electrons. The smallest absolute Gasteiger partial charge is 0.450 e. The van der Waals surface area contributed by atoms with Gasteiger partial charge in [0.25, 0.3) is 0 Å². The second-order valence-corrected chi connectivity index (χ2v) is 0.820. The van der Waals surface area contributed by atoms with Crippen LogP contribution in [0.25, 0.3) is 0 Å². The maximum absolute atomic E-state index is 8.56. The number of carbonyl (C=O) groups is 1. The van der Waals surface area contributed by atoms with Gasteiger partial charge in [-0.25, -0.2) is 4.79 Å². The van der Waals surface area contributed by atoms with Crippen molar-refractivity contribution in [1.82, 2.24) is 0 Å². The Morgan fingerprint density at radius 2 is 1.80 bits per heavy atom. The van der Waals surface area contributed by atoms with Crippen LogP contribution in [0.5, 0.6) is 0 Å². The quantitative estimate of drug-likeness (QED) is 0.266. The Kier molecular flexibility index (Phi) is 41.9. The first-order valence-corrected chi connectivity index (χ1v) is 2.15. The lowest BCUT2D eigenvalue weighted by atomic mass is 10.8. The molecule has 4 N–H and O–H groups in total. The Balaban J connectivity index is -0.0000000750. The van der Waals surface area contributed by atoms with Crippen LogP contribution in [-0.2, 0) is 0 Å². The molecular formula is C5H10N2O3. The Hall–Kier alpha value is -1.70. The van der Waals surface area contributed by atoms with E-state index in [9.17, 15) is 0 Å². The topological polar surface area (TPSA) is 107 Å². The molecule has 58 valence electrons. The molecule has 0 atom stereocenters. The van der Waals surface area contributed by atoms with Crippen LogP contribution in [0.1, 0.15) is 6.92 Å². The molecule has 0 fully saturated rings. The third-order valence-corrected chi connectivity index (χ3v) is 0. The molecular weight excluding hydrogens is 136 g/mol. The fourth-order valence-corrected chi connectivity index (χ4v) is 0. The molecule has 0 amide bonds. The first kappa shape index (κ1) is 15.7. The molecule has 0 rings (SSSR count). The molecule has 5 heteroatoms. The molecule has 0 aliphatic rings. The second kappa shape index (κ2) is 26.6. The molecule has 5 nitrogen and oxygen atoms in total. The van der Waals surface area contributed by atoms with E-state index in [0.29, 0.717) is 0 Å². The maximum atomic E-state index is 8.56. The van der Waals surface area contributed by atoms with Crippen molar-refractivity contribution in [3.05, 3.63) is 12.7 Å². The first-order valence-electron chi connectivity index (χ1n) is 2.15. The molecule has 0 heterocycles. The van der Waals surface area contributed by atoms with Crippen molar-refractivity contribution in [2.75, 3.05) is 0 Å². The van der Waals surface area contributed by atoms with E-state index in [0.717, 1.165) is 0 Å². The summed E-state index contributed by atoms with van der Waals surface area (Å²) >= 11 is 0. The van der Waals surface area contributed by atoms with Gasteiger partial charge in [0.1, 0.15) is 0 Å². The molecule has 0 aliphatic carbocycles. The number of carboxylic acid groups (broad SMARTS) is 2. The highest BCUT2D eigenvalue weighted by atomic mass is 16.6. The van der Waals surface area contributed by atoms with Crippen molar-refractivity contribution in [3.8, 4) is 6.19 Å². The van der Waals surface area contributed by atoms with E-state index in [1.54, 1.807) is 6.08 Å². The van der Waals surface area contributed by atoms with E-state index in [-0.39, 0.29) is 0 Å². The maximum Gasteiger partial charge on any atom is 0.503 e. The largest absolute Gasteiger partial charge is 0.503 e. The van der Waals surface area contributed by atoms with Crippen LogP contribution in [0.2, 0.25) is 0 Å². The first-order chi connectivity index (χ1) is 4.56. The van der Waals surface area contributed by atoms with Gasteiger partial charge in [-0.15, -0.1) is 6.58 Å². The highest BCUT2D eigenvalue weighted by Gasteiger charge is 1.70. The van der Waals surface area contributed by atoms with Crippen molar-refractivity contribution in [2.45, 2.75) is 6.92 Å². The van der Waals surface area contributed by atoms with Gasteiger partial charge in [-0.05, 0) is 6.92 Å². The SMILES string of the molecule is C=CC.N#CN.O=C(O)O. The van der Waals surface area contributed by atoms with Gasteiger partial charge in [-0.2, -0.15) is 5.26 Å². The van der Waals surface area contributed by atoms with Crippen molar-refractivity contribution in [3.63, 3.8) is 0 Å². The van der Waals surface area contributed by atoms with E-state index in [1.807, 2.05) is 6.92 Å². The normalized spacial score (nSPS) is 4.40. The zero-order valence-corrected chi connectivity index (χ0v) is 5.61. The summed E-state index contributed by atoms with van der Waals surface area (Å²) in [5, 5.41) is 21.0. The summed E-state index contributed by atoms with van der Waals surface area (Å²) in [7, 11) is 0. The molecule has 0 bridgehead atoms. The van der Waals surface area contributed by atoms with Gasteiger partial charge in [-0.3, -0.25) is 0 Å². The zero-order valence-electron chi connectivity index (χ0n) is 5.61. The molecule has 0 aliphatic heterocycles. The monoisotopic (exact) mass is 146 g/mol. The molecule has 0 aromatic heterocycles. The van der Waals surface area contributed by atoms with Crippen molar-refractivity contribution in [2.24, 2.45) is 5.73 Å². The summed E-state index contributed by atoms with van der Waals surface area (Å²) in [6.07, 6.45) is 1.17. The van der Waals surface area contributed by atoms with Crippen LogP contribution >= 0.6 is 0 Å². The van der Waals surface area contributed by atoms with Gasteiger partial charge in [0.2, 0.25) is 0 Å². The highest BCUT2D eigenvalue weighted by molar-refractivity contribution is 5.53. The lowest BCUT2D eigenvalue weighted by molar-refractivity contribution is 0.137. The predicted octanol–water partition coefficient (Wildman–Crippen LogP) is 0.841. The number of rotatable bonds is 0. The van der Waals surface area contributed by atoms with Crippen molar-refractivity contribution < 1.29 is 15.0 Å².